The molecule has 6 nitrogen and oxygen atoms in total. The Morgan fingerprint density at radius 2 is 1.90 bits per heavy atom. The van der Waals surface area contributed by atoms with Crippen LogP contribution in [0, 0.1) is 11.6 Å². The maximum absolute atomic E-state index is 14.8. The van der Waals surface area contributed by atoms with Gasteiger partial charge in [-0.05, 0) is 18.2 Å². The van der Waals surface area contributed by atoms with Crippen LogP contribution in [0.25, 0.3) is 11.0 Å². The number of fused-ring (bicyclic) bond motifs is 1. The summed E-state index contributed by atoms with van der Waals surface area (Å²) in [7, 11) is -4.62. The van der Waals surface area contributed by atoms with Crippen molar-refractivity contribution in [3.05, 3.63) is 58.4 Å². The highest BCUT2D eigenvalue weighted by Gasteiger charge is 2.31. The lowest BCUT2D eigenvalue weighted by molar-refractivity contribution is -0.129. The average Bonchev–Trinajstić information content (AvgIpc) is 3.08. The van der Waals surface area contributed by atoms with E-state index in [1.54, 1.807) is 4.72 Å². The summed E-state index contributed by atoms with van der Waals surface area (Å²) in [4.78, 5) is 19.3. The second-order valence-corrected chi connectivity index (χ2v) is 8.37. The maximum Gasteiger partial charge on any atom is 0.390 e. The number of halogens is 6. The Bertz CT molecular complexity index is 1240. The highest BCUT2D eigenvalue weighted by Crippen LogP contribution is 2.30. The minimum atomic E-state index is -4.75. The molecule has 0 aliphatic heterocycles. The first-order valence-electron chi connectivity index (χ1n) is 8.11. The smallest absolute Gasteiger partial charge is 0.345 e. The molecule has 2 N–H and O–H groups in total. The van der Waals surface area contributed by atoms with Gasteiger partial charge in [0.25, 0.3) is 0 Å². The van der Waals surface area contributed by atoms with E-state index in [0.717, 1.165) is 6.20 Å². The molecule has 0 spiro atoms. The second kappa shape index (κ2) is 7.84. The monoisotopic (exact) mass is 467 g/mol. The lowest BCUT2D eigenvalue weighted by Gasteiger charge is -2.12. The van der Waals surface area contributed by atoms with Crippen LogP contribution in [0.4, 0.5) is 27.6 Å². The van der Waals surface area contributed by atoms with Crippen LogP contribution >= 0.6 is 11.6 Å². The Morgan fingerprint density at radius 1 is 1.20 bits per heavy atom. The Morgan fingerprint density at radius 3 is 2.57 bits per heavy atom. The van der Waals surface area contributed by atoms with Crippen molar-refractivity contribution in [2.45, 2.75) is 12.6 Å². The summed E-state index contributed by atoms with van der Waals surface area (Å²) < 4.78 is 91.1. The predicted molar refractivity (Wildman–Crippen MR) is 99.0 cm³/mol. The SMILES string of the molecule is O=C(c1c(F)ccc(NS(=O)(=O)CCC(F)(F)F)c1F)c1c[nH]c2nccc(Cl)c12. The molecule has 0 amide bonds. The molecule has 0 fully saturated rings. The van der Waals surface area contributed by atoms with E-state index in [4.69, 9.17) is 11.6 Å². The summed E-state index contributed by atoms with van der Waals surface area (Å²) >= 11 is 6.02. The van der Waals surface area contributed by atoms with E-state index in [2.05, 4.69) is 9.97 Å². The van der Waals surface area contributed by atoms with Crippen molar-refractivity contribution in [3.8, 4) is 0 Å². The fourth-order valence-corrected chi connectivity index (χ4v) is 3.98. The van der Waals surface area contributed by atoms with Crippen LogP contribution in [0.5, 0.6) is 0 Å². The zero-order chi connectivity index (χ0) is 22.3. The zero-order valence-corrected chi connectivity index (χ0v) is 16.2. The Hall–Kier alpha value is -2.73. The van der Waals surface area contributed by atoms with Crippen molar-refractivity contribution in [3.63, 3.8) is 0 Å². The predicted octanol–water partition coefficient (Wildman–Crippen LogP) is 4.42. The molecular weight excluding hydrogens is 457 g/mol. The number of sulfonamides is 1. The van der Waals surface area contributed by atoms with Gasteiger partial charge >= 0.3 is 6.18 Å². The minimum Gasteiger partial charge on any atom is -0.345 e. The number of ketones is 1. The number of carbonyl (C=O) groups excluding carboxylic acids is 1. The molecule has 2 aromatic heterocycles. The van der Waals surface area contributed by atoms with Crippen LogP contribution in [0.2, 0.25) is 5.02 Å². The molecule has 0 unspecified atom stereocenters. The summed E-state index contributed by atoms with van der Waals surface area (Å²) in [6.45, 7) is 0. The third kappa shape index (κ3) is 4.54. The van der Waals surface area contributed by atoms with Crippen molar-refractivity contribution < 1.29 is 35.2 Å². The van der Waals surface area contributed by atoms with Gasteiger partial charge in [-0.3, -0.25) is 9.52 Å². The van der Waals surface area contributed by atoms with E-state index in [1.165, 1.54) is 12.3 Å². The molecule has 0 saturated carbocycles. The third-order valence-corrected chi connectivity index (χ3v) is 5.59. The van der Waals surface area contributed by atoms with Crippen molar-refractivity contribution in [2.24, 2.45) is 0 Å². The van der Waals surface area contributed by atoms with Crippen molar-refractivity contribution in [1.29, 1.82) is 0 Å². The first kappa shape index (κ1) is 22.0. The number of rotatable bonds is 6. The molecule has 13 heteroatoms. The fraction of sp³-hybridized carbons (Fsp3) is 0.176. The van der Waals surface area contributed by atoms with E-state index in [9.17, 15) is 35.2 Å². The zero-order valence-electron chi connectivity index (χ0n) is 14.6. The molecule has 3 aromatic rings. The third-order valence-electron chi connectivity index (χ3n) is 4.01. The Balaban J connectivity index is 2.00. The molecular formula is C17H11ClF5N3O3S. The largest absolute Gasteiger partial charge is 0.390 e. The van der Waals surface area contributed by atoms with E-state index in [0.29, 0.717) is 12.1 Å². The Kier molecular flexibility index (Phi) is 5.74. The Labute approximate surface area is 171 Å². The number of hydrogen-bond donors (Lipinski definition) is 2. The van der Waals surface area contributed by atoms with Crippen LogP contribution in [-0.4, -0.2) is 36.1 Å². The van der Waals surface area contributed by atoms with Gasteiger partial charge in [-0.2, -0.15) is 13.2 Å². The quantitative estimate of drug-likeness (QED) is 0.414. The number of pyridine rings is 1. The number of aromatic amines is 1. The molecule has 0 aliphatic rings. The lowest BCUT2D eigenvalue weighted by atomic mass is 10.0. The summed E-state index contributed by atoms with van der Waals surface area (Å²) in [5.74, 6) is -5.42. The number of nitrogens with zero attached hydrogens (tertiary/aromatic N) is 1. The van der Waals surface area contributed by atoms with Gasteiger partial charge in [-0.25, -0.2) is 22.2 Å². The van der Waals surface area contributed by atoms with E-state index in [1.807, 2.05) is 0 Å². The van der Waals surface area contributed by atoms with Crippen LogP contribution in [-0.2, 0) is 10.0 Å². The highest BCUT2D eigenvalue weighted by molar-refractivity contribution is 7.92. The number of H-pyrrole nitrogens is 1. The molecule has 0 radical (unpaired) electrons. The molecule has 0 aliphatic carbocycles. The van der Waals surface area contributed by atoms with Crippen molar-refractivity contribution in [1.82, 2.24) is 9.97 Å². The summed E-state index contributed by atoms with van der Waals surface area (Å²) in [6.07, 6.45) is -3.95. The number of hydrogen-bond acceptors (Lipinski definition) is 4. The van der Waals surface area contributed by atoms with Gasteiger partial charge in [-0.15, -0.1) is 0 Å². The number of nitrogens with one attached hydrogen (secondary N) is 2. The molecule has 30 heavy (non-hydrogen) atoms. The van der Waals surface area contributed by atoms with Gasteiger partial charge in [0.05, 0.1) is 34.0 Å². The van der Waals surface area contributed by atoms with Gasteiger partial charge < -0.3 is 4.98 Å². The summed E-state index contributed by atoms with van der Waals surface area (Å²) in [5, 5.41) is 0.175. The van der Waals surface area contributed by atoms with Gasteiger partial charge in [-0.1, -0.05) is 11.6 Å². The second-order valence-electron chi connectivity index (χ2n) is 6.12. The lowest BCUT2D eigenvalue weighted by Crippen LogP contribution is -2.23. The highest BCUT2D eigenvalue weighted by atomic mass is 35.5. The molecule has 2 heterocycles. The van der Waals surface area contributed by atoms with Crippen LogP contribution in [0.15, 0.2) is 30.6 Å². The first-order valence-corrected chi connectivity index (χ1v) is 10.1. The minimum absolute atomic E-state index is 0.0782. The van der Waals surface area contributed by atoms with E-state index >= 15 is 0 Å². The van der Waals surface area contributed by atoms with Gasteiger partial charge in [0.15, 0.2) is 5.82 Å². The fourth-order valence-electron chi connectivity index (χ4n) is 2.64. The molecule has 160 valence electrons. The first-order chi connectivity index (χ1) is 13.9. The summed E-state index contributed by atoms with van der Waals surface area (Å²) in [5.41, 5.74) is -2.02. The normalized spacial score (nSPS) is 12.3. The molecule has 3 rings (SSSR count). The molecule has 1 aromatic carbocycles. The number of aromatic nitrogens is 2. The standard InChI is InChI=1S/C17H11ClF5N3O3S/c18-9-3-5-24-16-12(9)8(7-25-16)15(27)13-10(19)1-2-11(14(13)20)26-30(28,29)6-4-17(21,22)23/h1-3,5,7,26H,4,6H2,(H,24,25). The van der Waals surface area contributed by atoms with Crippen LogP contribution in [0.1, 0.15) is 22.3 Å². The van der Waals surface area contributed by atoms with Crippen molar-refractivity contribution >= 4 is 44.1 Å². The number of anilines is 1. The topological polar surface area (TPSA) is 91.9 Å². The maximum atomic E-state index is 14.8. The molecule has 0 saturated heterocycles. The van der Waals surface area contributed by atoms with E-state index < -0.39 is 57.0 Å². The van der Waals surface area contributed by atoms with Gasteiger partial charge in [0.1, 0.15) is 11.5 Å². The molecule has 0 atom stereocenters. The number of benzene rings is 1. The average molecular weight is 468 g/mol. The van der Waals surface area contributed by atoms with Crippen molar-refractivity contribution in [2.75, 3.05) is 10.5 Å². The number of alkyl halides is 3. The van der Waals surface area contributed by atoms with Crippen LogP contribution in [0.3, 0.4) is 0 Å². The van der Waals surface area contributed by atoms with Crippen LogP contribution < -0.4 is 4.72 Å². The van der Waals surface area contributed by atoms with E-state index in [-0.39, 0.29) is 21.6 Å². The summed E-state index contributed by atoms with van der Waals surface area (Å²) in [6, 6.07) is 2.63. The number of carbonyl (C=O) groups is 1. The van der Waals surface area contributed by atoms with Gasteiger partial charge in [0, 0.05) is 17.8 Å². The van der Waals surface area contributed by atoms with Gasteiger partial charge in [0.2, 0.25) is 15.8 Å². The molecule has 0 bridgehead atoms.